The van der Waals surface area contributed by atoms with E-state index in [1.807, 2.05) is 12.1 Å². The lowest BCUT2D eigenvalue weighted by Gasteiger charge is -2.20. The number of carbonyl (C=O) groups excluding carboxylic acids is 1. The van der Waals surface area contributed by atoms with Crippen LogP contribution in [-0.4, -0.2) is 5.78 Å². The zero-order chi connectivity index (χ0) is 10.7. The molecule has 1 aromatic rings. The molecule has 1 fully saturated rings. The first-order chi connectivity index (χ1) is 7.31. The first-order valence-corrected chi connectivity index (χ1v) is 5.34. The fourth-order valence-corrected chi connectivity index (χ4v) is 2.13. The minimum atomic E-state index is 0.0755. The number of nitrogens with zero attached hydrogens (tertiary/aromatic N) is 1. The molecule has 1 aromatic carbocycles. The molecule has 0 spiro atoms. The SMILES string of the molecule is N#Cc1ccc(C2CCCCC2=O)cc1. The van der Waals surface area contributed by atoms with Crippen molar-refractivity contribution in [2.75, 3.05) is 0 Å². The lowest BCUT2D eigenvalue weighted by molar-refractivity contribution is -0.121. The van der Waals surface area contributed by atoms with Crippen LogP contribution in [-0.2, 0) is 4.79 Å². The van der Waals surface area contributed by atoms with Crippen molar-refractivity contribution in [1.82, 2.24) is 0 Å². The van der Waals surface area contributed by atoms with Crippen molar-refractivity contribution in [2.24, 2.45) is 0 Å². The number of ketones is 1. The Morgan fingerprint density at radius 3 is 2.53 bits per heavy atom. The van der Waals surface area contributed by atoms with Gasteiger partial charge in [0.25, 0.3) is 0 Å². The van der Waals surface area contributed by atoms with Crippen LogP contribution in [0.1, 0.15) is 42.7 Å². The second-order valence-corrected chi connectivity index (χ2v) is 4.00. The standard InChI is InChI=1S/C13H13NO/c14-9-10-5-7-11(8-6-10)12-3-1-2-4-13(12)15/h5-8,12H,1-4H2. The van der Waals surface area contributed by atoms with Gasteiger partial charge in [-0.05, 0) is 30.5 Å². The van der Waals surface area contributed by atoms with Crippen LogP contribution in [0.5, 0.6) is 0 Å². The molecule has 1 saturated carbocycles. The second-order valence-electron chi connectivity index (χ2n) is 4.00. The molecule has 0 aromatic heterocycles. The van der Waals surface area contributed by atoms with Gasteiger partial charge in [-0.15, -0.1) is 0 Å². The van der Waals surface area contributed by atoms with Crippen molar-refractivity contribution in [3.8, 4) is 6.07 Å². The molecule has 1 aliphatic rings. The average Bonchev–Trinajstić information content (AvgIpc) is 2.30. The molecule has 0 heterocycles. The topological polar surface area (TPSA) is 40.9 Å². The van der Waals surface area contributed by atoms with Gasteiger partial charge < -0.3 is 0 Å². The van der Waals surface area contributed by atoms with E-state index in [0.29, 0.717) is 17.8 Å². The van der Waals surface area contributed by atoms with E-state index in [1.165, 1.54) is 0 Å². The van der Waals surface area contributed by atoms with Gasteiger partial charge in [0, 0.05) is 12.3 Å². The van der Waals surface area contributed by atoms with Crippen LogP contribution in [0.3, 0.4) is 0 Å². The van der Waals surface area contributed by atoms with Gasteiger partial charge in [0.15, 0.2) is 0 Å². The summed E-state index contributed by atoms with van der Waals surface area (Å²) in [5.74, 6) is 0.428. The van der Waals surface area contributed by atoms with E-state index >= 15 is 0 Å². The zero-order valence-electron chi connectivity index (χ0n) is 8.57. The number of rotatable bonds is 1. The van der Waals surface area contributed by atoms with Gasteiger partial charge in [-0.25, -0.2) is 0 Å². The van der Waals surface area contributed by atoms with Crippen molar-refractivity contribution < 1.29 is 4.79 Å². The lowest BCUT2D eigenvalue weighted by atomic mass is 9.83. The first kappa shape index (κ1) is 9.92. The highest BCUT2D eigenvalue weighted by molar-refractivity contribution is 5.86. The number of hydrogen-bond acceptors (Lipinski definition) is 2. The molecule has 0 bridgehead atoms. The molecule has 15 heavy (non-hydrogen) atoms. The Bertz CT molecular complexity index is 400. The van der Waals surface area contributed by atoms with E-state index in [1.54, 1.807) is 12.1 Å². The van der Waals surface area contributed by atoms with Crippen molar-refractivity contribution in [3.63, 3.8) is 0 Å². The predicted molar refractivity (Wildman–Crippen MR) is 57.4 cm³/mol. The molecule has 1 aliphatic carbocycles. The molecular weight excluding hydrogens is 186 g/mol. The van der Waals surface area contributed by atoms with Crippen molar-refractivity contribution >= 4 is 5.78 Å². The highest BCUT2D eigenvalue weighted by Gasteiger charge is 2.23. The van der Waals surface area contributed by atoms with E-state index in [0.717, 1.165) is 24.8 Å². The number of benzene rings is 1. The van der Waals surface area contributed by atoms with Gasteiger partial charge in [-0.3, -0.25) is 4.79 Å². The Kier molecular flexibility index (Phi) is 2.82. The van der Waals surface area contributed by atoms with Crippen LogP contribution in [0.15, 0.2) is 24.3 Å². The maximum Gasteiger partial charge on any atom is 0.140 e. The minimum absolute atomic E-state index is 0.0755. The van der Waals surface area contributed by atoms with Crippen LogP contribution in [0.4, 0.5) is 0 Å². The Morgan fingerprint density at radius 1 is 1.20 bits per heavy atom. The maximum atomic E-state index is 11.7. The number of carbonyl (C=O) groups is 1. The quantitative estimate of drug-likeness (QED) is 0.697. The molecule has 1 atom stereocenters. The van der Waals surface area contributed by atoms with Crippen molar-refractivity contribution in [3.05, 3.63) is 35.4 Å². The maximum absolute atomic E-state index is 11.7. The molecule has 76 valence electrons. The van der Waals surface area contributed by atoms with Crippen LogP contribution >= 0.6 is 0 Å². The number of nitriles is 1. The highest BCUT2D eigenvalue weighted by atomic mass is 16.1. The van der Waals surface area contributed by atoms with E-state index in [-0.39, 0.29) is 5.92 Å². The Hall–Kier alpha value is -1.62. The van der Waals surface area contributed by atoms with E-state index in [4.69, 9.17) is 5.26 Å². The van der Waals surface area contributed by atoms with Gasteiger partial charge in [0.2, 0.25) is 0 Å². The summed E-state index contributed by atoms with van der Waals surface area (Å²) in [5, 5.41) is 8.67. The summed E-state index contributed by atoms with van der Waals surface area (Å²) in [5.41, 5.74) is 1.72. The predicted octanol–water partition coefficient (Wildman–Crippen LogP) is 2.78. The number of Topliss-reactive ketones (excluding diaryl/α,β-unsaturated/α-hetero) is 1. The average molecular weight is 199 g/mol. The van der Waals surface area contributed by atoms with Crippen LogP contribution < -0.4 is 0 Å². The summed E-state index contributed by atoms with van der Waals surface area (Å²) in [6.07, 6.45) is 3.84. The third-order valence-electron chi connectivity index (χ3n) is 3.00. The van der Waals surface area contributed by atoms with Gasteiger partial charge in [0.1, 0.15) is 5.78 Å². The fourth-order valence-electron chi connectivity index (χ4n) is 2.13. The van der Waals surface area contributed by atoms with Gasteiger partial charge in [-0.2, -0.15) is 5.26 Å². The molecule has 2 heteroatoms. The third kappa shape index (κ3) is 2.07. The Labute approximate surface area is 89.5 Å². The van der Waals surface area contributed by atoms with Gasteiger partial charge >= 0.3 is 0 Å². The smallest absolute Gasteiger partial charge is 0.140 e. The lowest BCUT2D eigenvalue weighted by Crippen LogP contribution is -2.16. The van der Waals surface area contributed by atoms with E-state index < -0.39 is 0 Å². The fraction of sp³-hybridized carbons (Fsp3) is 0.385. The van der Waals surface area contributed by atoms with Crippen molar-refractivity contribution in [1.29, 1.82) is 5.26 Å². The van der Waals surface area contributed by atoms with Crippen LogP contribution in [0, 0.1) is 11.3 Å². The minimum Gasteiger partial charge on any atom is -0.299 e. The molecule has 1 unspecified atom stereocenters. The Balaban J connectivity index is 2.21. The zero-order valence-corrected chi connectivity index (χ0v) is 8.57. The van der Waals surface area contributed by atoms with Crippen molar-refractivity contribution in [2.45, 2.75) is 31.6 Å². The molecule has 0 amide bonds. The second kappa shape index (κ2) is 4.27. The summed E-state index contributed by atoms with van der Waals surface area (Å²) in [6, 6.07) is 9.48. The first-order valence-electron chi connectivity index (χ1n) is 5.34. The summed E-state index contributed by atoms with van der Waals surface area (Å²) in [6.45, 7) is 0. The van der Waals surface area contributed by atoms with E-state index in [2.05, 4.69) is 6.07 Å². The molecule has 2 rings (SSSR count). The summed E-state index contributed by atoms with van der Waals surface area (Å²) in [4.78, 5) is 11.7. The molecule has 0 saturated heterocycles. The summed E-state index contributed by atoms with van der Waals surface area (Å²) in [7, 11) is 0. The molecule has 0 N–H and O–H groups in total. The monoisotopic (exact) mass is 199 g/mol. The van der Waals surface area contributed by atoms with E-state index in [9.17, 15) is 4.79 Å². The molecule has 2 nitrogen and oxygen atoms in total. The van der Waals surface area contributed by atoms with Gasteiger partial charge in [-0.1, -0.05) is 18.6 Å². The third-order valence-corrected chi connectivity index (χ3v) is 3.00. The molecular formula is C13H13NO. The van der Waals surface area contributed by atoms with Crippen LogP contribution in [0.2, 0.25) is 0 Å². The van der Waals surface area contributed by atoms with Gasteiger partial charge in [0.05, 0.1) is 11.6 Å². The normalized spacial score (nSPS) is 21.0. The largest absolute Gasteiger partial charge is 0.299 e. The number of hydrogen-bond donors (Lipinski definition) is 0. The Morgan fingerprint density at radius 2 is 1.93 bits per heavy atom. The summed E-state index contributed by atoms with van der Waals surface area (Å²) >= 11 is 0. The molecule has 0 radical (unpaired) electrons. The molecule has 0 aliphatic heterocycles. The summed E-state index contributed by atoms with van der Waals surface area (Å²) < 4.78 is 0. The highest BCUT2D eigenvalue weighted by Crippen LogP contribution is 2.29. The van der Waals surface area contributed by atoms with Crippen LogP contribution in [0.25, 0.3) is 0 Å².